The van der Waals surface area contributed by atoms with E-state index in [1.54, 1.807) is 12.1 Å². The normalized spacial score (nSPS) is 26.1. The molecule has 0 spiro atoms. The van der Waals surface area contributed by atoms with E-state index in [0.29, 0.717) is 35.2 Å². The molecule has 1 aromatic rings. The molecule has 0 unspecified atom stereocenters. The lowest BCUT2D eigenvalue weighted by atomic mass is 9.95. The Bertz CT molecular complexity index is 673. The van der Waals surface area contributed by atoms with E-state index >= 15 is 0 Å². The zero-order chi connectivity index (χ0) is 15.7. The molecule has 1 aromatic carbocycles. The first-order valence-electron chi connectivity index (χ1n) is 7.79. The fourth-order valence-corrected chi connectivity index (χ4v) is 4.66. The van der Waals surface area contributed by atoms with Crippen LogP contribution in [0.25, 0.3) is 0 Å². The number of benzene rings is 1. The van der Waals surface area contributed by atoms with Crippen LogP contribution < -0.4 is 0 Å². The molecule has 22 heavy (non-hydrogen) atoms. The minimum absolute atomic E-state index is 0.230. The predicted molar refractivity (Wildman–Crippen MR) is 84.1 cm³/mol. The van der Waals surface area contributed by atoms with Crippen LogP contribution in [0.2, 0.25) is 0 Å². The number of rotatable bonds is 3. The fraction of sp³-hybridized carbons (Fsp3) is 0.529. The third-order valence-electron chi connectivity index (χ3n) is 4.39. The Hall–Kier alpha value is -1.33. The van der Waals surface area contributed by atoms with Crippen LogP contribution in [0.1, 0.15) is 31.7 Å². The Balaban J connectivity index is 2.00. The van der Waals surface area contributed by atoms with E-state index in [1.807, 2.05) is 19.1 Å². The van der Waals surface area contributed by atoms with Crippen LogP contribution in [-0.4, -0.2) is 27.7 Å². The zero-order valence-corrected chi connectivity index (χ0v) is 13.9. The smallest absolute Gasteiger partial charge is 0.206 e. The maximum atomic E-state index is 12.9. The first kappa shape index (κ1) is 15.6. The number of hydrogen-bond acceptors (Lipinski definition) is 4. The van der Waals surface area contributed by atoms with Gasteiger partial charge in [-0.1, -0.05) is 24.6 Å². The van der Waals surface area contributed by atoms with Crippen LogP contribution in [0.5, 0.6) is 0 Å². The SMILES string of the molecule is Cc1ccc(S(=O)(=O)C2=C([C@@H]3OCCC[C@@H]3C)OCC2)cc1. The van der Waals surface area contributed by atoms with Crippen molar-refractivity contribution in [3.8, 4) is 0 Å². The monoisotopic (exact) mass is 322 g/mol. The van der Waals surface area contributed by atoms with Gasteiger partial charge in [-0.15, -0.1) is 0 Å². The van der Waals surface area contributed by atoms with E-state index in [4.69, 9.17) is 9.47 Å². The van der Waals surface area contributed by atoms with E-state index in [-0.39, 0.29) is 12.0 Å². The van der Waals surface area contributed by atoms with Crippen molar-refractivity contribution < 1.29 is 17.9 Å². The van der Waals surface area contributed by atoms with Gasteiger partial charge in [0.25, 0.3) is 0 Å². The lowest BCUT2D eigenvalue weighted by Crippen LogP contribution is -2.30. The maximum absolute atomic E-state index is 12.9. The molecule has 0 saturated carbocycles. The molecule has 0 aromatic heterocycles. The molecule has 0 aliphatic carbocycles. The molecule has 4 nitrogen and oxygen atoms in total. The number of ether oxygens (including phenoxy) is 2. The summed E-state index contributed by atoms with van der Waals surface area (Å²) in [5, 5.41) is 0. The molecule has 5 heteroatoms. The van der Waals surface area contributed by atoms with Gasteiger partial charge < -0.3 is 9.47 Å². The second-order valence-corrected chi connectivity index (χ2v) is 8.08. The average molecular weight is 322 g/mol. The summed E-state index contributed by atoms with van der Waals surface area (Å²) in [6, 6.07) is 6.98. The van der Waals surface area contributed by atoms with E-state index in [0.717, 1.165) is 18.4 Å². The lowest BCUT2D eigenvalue weighted by molar-refractivity contribution is -0.0267. The van der Waals surface area contributed by atoms with Crippen molar-refractivity contribution in [1.82, 2.24) is 0 Å². The van der Waals surface area contributed by atoms with Crippen molar-refractivity contribution in [2.45, 2.75) is 44.1 Å². The van der Waals surface area contributed by atoms with Gasteiger partial charge in [0, 0.05) is 13.0 Å². The summed E-state index contributed by atoms with van der Waals surface area (Å²) in [7, 11) is -3.50. The van der Waals surface area contributed by atoms with Crippen LogP contribution in [0.15, 0.2) is 39.8 Å². The molecular weight excluding hydrogens is 300 g/mol. The van der Waals surface area contributed by atoms with Crippen molar-refractivity contribution in [2.24, 2.45) is 5.92 Å². The largest absolute Gasteiger partial charge is 0.494 e. The van der Waals surface area contributed by atoms with Crippen LogP contribution in [0, 0.1) is 12.8 Å². The topological polar surface area (TPSA) is 52.6 Å². The highest BCUT2D eigenvalue weighted by Crippen LogP contribution is 2.36. The molecule has 0 N–H and O–H groups in total. The number of hydrogen-bond donors (Lipinski definition) is 0. The molecule has 3 rings (SSSR count). The summed E-state index contributed by atoms with van der Waals surface area (Å²) in [6.45, 7) is 5.12. The summed E-state index contributed by atoms with van der Waals surface area (Å²) < 4.78 is 37.3. The summed E-state index contributed by atoms with van der Waals surface area (Å²) in [5.74, 6) is 0.817. The molecule has 2 aliphatic heterocycles. The molecule has 2 heterocycles. The predicted octanol–water partition coefficient (Wildman–Crippen LogP) is 3.22. The van der Waals surface area contributed by atoms with Gasteiger partial charge in [-0.2, -0.15) is 0 Å². The quantitative estimate of drug-likeness (QED) is 0.857. The highest BCUT2D eigenvalue weighted by atomic mass is 32.2. The molecule has 0 amide bonds. The van der Waals surface area contributed by atoms with Gasteiger partial charge in [0.15, 0.2) is 0 Å². The maximum Gasteiger partial charge on any atom is 0.206 e. The van der Waals surface area contributed by atoms with Gasteiger partial charge in [0.05, 0.1) is 16.4 Å². The Morgan fingerprint density at radius 2 is 1.86 bits per heavy atom. The van der Waals surface area contributed by atoms with Crippen molar-refractivity contribution >= 4 is 9.84 Å². The van der Waals surface area contributed by atoms with Crippen LogP contribution in [0.4, 0.5) is 0 Å². The zero-order valence-electron chi connectivity index (χ0n) is 13.0. The van der Waals surface area contributed by atoms with E-state index in [1.165, 1.54) is 0 Å². The number of sulfone groups is 1. The van der Waals surface area contributed by atoms with Crippen LogP contribution in [0.3, 0.4) is 0 Å². The molecule has 1 fully saturated rings. The standard InChI is InChI=1S/C17H22O4S/c1-12-5-7-14(8-6-12)22(18,19)15-9-11-21-17(15)16-13(2)4-3-10-20-16/h5-8,13,16H,3-4,9-11H2,1-2H3/t13-,16+/m0/s1. The lowest BCUT2D eigenvalue weighted by Gasteiger charge is -2.30. The third kappa shape index (κ3) is 2.79. The van der Waals surface area contributed by atoms with Gasteiger partial charge >= 0.3 is 0 Å². The molecule has 1 saturated heterocycles. The first-order chi connectivity index (χ1) is 10.5. The molecule has 2 atom stereocenters. The van der Waals surface area contributed by atoms with Crippen LogP contribution in [-0.2, 0) is 19.3 Å². The molecule has 2 aliphatic rings. The molecular formula is C17H22O4S. The van der Waals surface area contributed by atoms with E-state index in [9.17, 15) is 8.42 Å². The second-order valence-electron chi connectivity index (χ2n) is 6.11. The van der Waals surface area contributed by atoms with Crippen molar-refractivity contribution in [3.63, 3.8) is 0 Å². The second kappa shape index (κ2) is 6.05. The highest BCUT2D eigenvalue weighted by Gasteiger charge is 2.37. The number of aryl methyl sites for hydroxylation is 1. The van der Waals surface area contributed by atoms with Gasteiger partial charge in [-0.25, -0.2) is 8.42 Å². The Labute approximate surface area is 132 Å². The Morgan fingerprint density at radius 1 is 1.14 bits per heavy atom. The minimum Gasteiger partial charge on any atom is -0.494 e. The Kier molecular flexibility index (Phi) is 4.28. The van der Waals surface area contributed by atoms with Crippen molar-refractivity contribution in [1.29, 1.82) is 0 Å². The summed E-state index contributed by atoms with van der Waals surface area (Å²) >= 11 is 0. The summed E-state index contributed by atoms with van der Waals surface area (Å²) in [6.07, 6.45) is 2.25. The fourth-order valence-electron chi connectivity index (χ4n) is 3.09. The molecule has 0 bridgehead atoms. The third-order valence-corrected chi connectivity index (χ3v) is 6.34. The first-order valence-corrected chi connectivity index (χ1v) is 9.27. The minimum atomic E-state index is -3.50. The van der Waals surface area contributed by atoms with Gasteiger partial charge in [-0.3, -0.25) is 0 Å². The van der Waals surface area contributed by atoms with E-state index in [2.05, 4.69) is 6.92 Å². The van der Waals surface area contributed by atoms with E-state index < -0.39 is 9.84 Å². The summed E-state index contributed by atoms with van der Waals surface area (Å²) in [4.78, 5) is 0.731. The molecule has 0 radical (unpaired) electrons. The Morgan fingerprint density at radius 3 is 2.55 bits per heavy atom. The summed E-state index contributed by atoms with van der Waals surface area (Å²) in [5.41, 5.74) is 1.04. The highest BCUT2D eigenvalue weighted by molar-refractivity contribution is 7.95. The van der Waals surface area contributed by atoms with Gasteiger partial charge in [0.1, 0.15) is 11.9 Å². The van der Waals surface area contributed by atoms with Gasteiger partial charge in [0.2, 0.25) is 9.84 Å². The van der Waals surface area contributed by atoms with Crippen molar-refractivity contribution in [2.75, 3.05) is 13.2 Å². The average Bonchev–Trinajstić information content (AvgIpc) is 2.98. The van der Waals surface area contributed by atoms with Crippen molar-refractivity contribution in [3.05, 3.63) is 40.5 Å². The van der Waals surface area contributed by atoms with Gasteiger partial charge in [-0.05, 0) is 37.8 Å². The molecule has 120 valence electrons. The van der Waals surface area contributed by atoms with Crippen LogP contribution >= 0.6 is 0 Å².